The fourth-order valence-corrected chi connectivity index (χ4v) is 2.06. The summed E-state index contributed by atoms with van der Waals surface area (Å²) >= 11 is 3.45. The van der Waals surface area contributed by atoms with Gasteiger partial charge < -0.3 is 10.1 Å². The molecule has 0 amide bonds. The molecule has 1 aromatic heterocycles. The molecular weight excluding hydrogens is 268 g/mol. The van der Waals surface area contributed by atoms with E-state index in [0.29, 0.717) is 0 Å². The van der Waals surface area contributed by atoms with E-state index >= 15 is 0 Å². The van der Waals surface area contributed by atoms with Crippen LogP contribution in [0.4, 0.5) is 5.82 Å². The molecule has 0 saturated carbocycles. The van der Waals surface area contributed by atoms with Crippen LogP contribution in [-0.2, 0) is 4.74 Å². The molecule has 2 heterocycles. The molecule has 0 radical (unpaired) electrons. The second-order valence-electron chi connectivity index (χ2n) is 4.20. The summed E-state index contributed by atoms with van der Waals surface area (Å²) in [6.45, 7) is 4.80. The zero-order valence-corrected chi connectivity index (χ0v) is 11.1. The van der Waals surface area contributed by atoms with Gasteiger partial charge in [0.2, 0.25) is 0 Å². The van der Waals surface area contributed by atoms with Gasteiger partial charge in [-0.3, -0.25) is 0 Å². The van der Waals surface area contributed by atoms with E-state index in [4.69, 9.17) is 4.74 Å². The van der Waals surface area contributed by atoms with Crippen LogP contribution in [0.1, 0.15) is 18.5 Å². The Labute approximate surface area is 105 Å². The molecule has 0 aromatic carbocycles. The largest absolute Gasteiger partial charge is 0.381 e. The zero-order chi connectivity index (χ0) is 11.4. The SMILES string of the molecule is Cc1nc(NCC2CCOCC2)ccc1Br. The number of aryl methyl sites for hydroxylation is 1. The minimum Gasteiger partial charge on any atom is -0.381 e. The second kappa shape index (κ2) is 5.64. The lowest BCUT2D eigenvalue weighted by Gasteiger charge is -2.22. The third kappa shape index (κ3) is 3.19. The Morgan fingerprint density at radius 1 is 1.44 bits per heavy atom. The van der Waals surface area contributed by atoms with Gasteiger partial charge in [-0.25, -0.2) is 4.98 Å². The van der Waals surface area contributed by atoms with Crippen molar-refractivity contribution in [2.24, 2.45) is 5.92 Å². The first-order valence-electron chi connectivity index (χ1n) is 5.70. The first-order valence-corrected chi connectivity index (χ1v) is 6.50. The van der Waals surface area contributed by atoms with Gasteiger partial charge in [0.25, 0.3) is 0 Å². The molecular formula is C12H17BrN2O. The van der Waals surface area contributed by atoms with Crippen molar-refractivity contribution in [1.29, 1.82) is 0 Å². The quantitative estimate of drug-likeness (QED) is 0.927. The topological polar surface area (TPSA) is 34.2 Å². The average molecular weight is 285 g/mol. The highest BCUT2D eigenvalue weighted by Gasteiger charge is 2.13. The van der Waals surface area contributed by atoms with Crippen molar-refractivity contribution in [2.45, 2.75) is 19.8 Å². The summed E-state index contributed by atoms with van der Waals surface area (Å²) < 4.78 is 6.40. The van der Waals surface area contributed by atoms with E-state index in [-0.39, 0.29) is 0 Å². The Morgan fingerprint density at radius 2 is 2.19 bits per heavy atom. The van der Waals surface area contributed by atoms with Crippen molar-refractivity contribution in [3.8, 4) is 0 Å². The van der Waals surface area contributed by atoms with Gasteiger partial charge in [-0.05, 0) is 53.7 Å². The van der Waals surface area contributed by atoms with Crippen LogP contribution in [0.25, 0.3) is 0 Å². The fraction of sp³-hybridized carbons (Fsp3) is 0.583. The van der Waals surface area contributed by atoms with E-state index in [2.05, 4.69) is 26.2 Å². The number of rotatable bonds is 3. The number of anilines is 1. The minimum atomic E-state index is 0.722. The van der Waals surface area contributed by atoms with E-state index in [1.54, 1.807) is 0 Å². The summed E-state index contributed by atoms with van der Waals surface area (Å²) in [6.07, 6.45) is 2.31. The van der Waals surface area contributed by atoms with Gasteiger partial charge >= 0.3 is 0 Å². The van der Waals surface area contributed by atoms with E-state index in [1.165, 1.54) is 0 Å². The number of pyridine rings is 1. The standard InChI is InChI=1S/C12H17BrN2O/c1-9-11(13)2-3-12(15-9)14-8-10-4-6-16-7-5-10/h2-3,10H,4-8H2,1H3,(H,14,15). The summed E-state index contributed by atoms with van der Waals surface area (Å²) in [7, 11) is 0. The van der Waals surface area contributed by atoms with Crippen molar-refractivity contribution in [1.82, 2.24) is 4.98 Å². The summed E-state index contributed by atoms with van der Waals surface area (Å²) in [5.41, 5.74) is 1.02. The predicted molar refractivity (Wildman–Crippen MR) is 68.7 cm³/mol. The Hall–Kier alpha value is -0.610. The molecule has 16 heavy (non-hydrogen) atoms. The Bertz CT molecular complexity index is 351. The second-order valence-corrected chi connectivity index (χ2v) is 5.05. The first kappa shape index (κ1) is 11.9. The minimum absolute atomic E-state index is 0.722. The molecule has 1 fully saturated rings. The highest BCUT2D eigenvalue weighted by molar-refractivity contribution is 9.10. The van der Waals surface area contributed by atoms with Gasteiger partial charge in [0.1, 0.15) is 5.82 Å². The van der Waals surface area contributed by atoms with Crippen LogP contribution >= 0.6 is 15.9 Å². The molecule has 1 saturated heterocycles. The molecule has 0 atom stereocenters. The molecule has 0 unspecified atom stereocenters. The third-order valence-corrected chi connectivity index (χ3v) is 3.77. The van der Waals surface area contributed by atoms with Crippen LogP contribution in [0, 0.1) is 12.8 Å². The van der Waals surface area contributed by atoms with Crippen molar-refractivity contribution in [3.63, 3.8) is 0 Å². The van der Waals surface area contributed by atoms with Crippen LogP contribution in [-0.4, -0.2) is 24.7 Å². The summed E-state index contributed by atoms with van der Waals surface area (Å²) in [4.78, 5) is 4.47. The summed E-state index contributed by atoms with van der Waals surface area (Å²) in [5.74, 6) is 1.69. The molecule has 1 aliphatic heterocycles. The number of hydrogen-bond acceptors (Lipinski definition) is 3. The monoisotopic (exact) mass is 284 g/mol. The molecule has 4 heteroatoms. The number of nitrogens with one attached hydrogen (secondary N) is 1. The van der Waals surface area contributed by atoms with Crippen molar-refractivity contribution >= 4 is 21.7 Å². The molecule has 1 aliphatic rings. The summed E-state index contributed by atoms with van der Waals surface area (Å²) in [5, 5.41) is 3.39. The highest BCUT2D eigenvalue weighted by Crippen LogP contribution is 2.18. The zero-order valence-electron chi connectivity index (χ0n) is 9.50. The lowest BCUT2D eigenvalue weighted by Crippen LogP contribution is -2.22. The van der Waals surface area contributed by atoms with E-state index in [1.807, 2.05) is 19.1 Å². The molecule has 88 valence electrons. The summed E-state index contributed by atoms with van der Waals surface area (Å²) in [6, 6.07) is 4.05. The van der Waals surface area contributed by atoms with Crippen LogP contribution in [0.3, 0.4) is 0 Å². The highest BCUT2D eigenvalue weighted by atomic mass is 79.9. The van der Waals surface area contributed by atoms with Crippen LogP contribution in [0.15, 0.2) is 16.6 Å². The van der Waals surface area contributed by atoms with Crippen LogP contribution < -0.4 is 5.32 Å². The third-order valence-electron chi connectivity index (χ3n) is 2.93. The lowest BCUT2D eigenvalue weighted by molar-refractivity contribution is 0.0699. The Balaban J connectivity index is 1.86. The number of ether oxygens (including phenoxy) is 1. The maximum Gasteiger partial charge on any atom is 0.126 e. The molecule has 3 nitrogen and oxygen atoms in total. The fourth-order valence-electron chi connectivity index (χ4n) is 1.84. The Kier molecular flexibility index (Phi) is 4.18. The van der Waals surface area contributed by atoms with E-state index in [9.17, 15) is 0 Å². The number of nitrogens with zero attached hydrogens (tertiary/aromatic N) is 1. The molecule has 0 bridgehead atoms. The van der Waals surface area contributed by atoms with Crippen molar-refractivity contribution < 1.29 is 4.74 Å². The Morgan fingerprint density at radius 3 is 2.88 bits per heavy atom. The number of hydrogen-bond donors (Lipinski definition) is 1. The molecule has 0 aliphatic carbocycles. The maximum atomic E-state index is 5.34. The predicted octanol–water partition coefficient (Wildman–Crippen LogP) is 2.99. The van der Waals surface area contributed by atoms with Gasteiger partial charge in [-0.2, -0.15) is 0 Å². The first-order chi connectivity index (χ1) is 7.75. The van der Waals surface area contributed by atoms with E-state index < -0.39 is 0 Å². The number of halogens is 1. The van der Waals surface area contributed by atoms with Crippen molar-refractivity contribution in [2.75, 3.05) is 25.1 Å². The van der Waals surface area contributed by atoms with E-state index in [0.717, 1.165) is 54.5 Å². The lowest BCUT2D eigenvalue weighted by atomic mass is 10.0. The van der Waals surface area contributed by atoms with Crippen LogP contribution in [0.2, 0.25) is 0 Å². The number of aromatic nitrogens is 1. The van der Waals surface area contributed by atoms with Crippen molar-refractivity contribution in [3.05, 3.63) is 22.3 Å². The van der Waals surface area contributed by atoms with Gasteiger partial charge in [-0.1, -0.05) is 0 Å². The average Bonchev–Trinajstić information content (AvgIpc) is 2.32. The van der Waals surface area contributed by atoms with Gasteiger partial charge in [-0.15, -0.1) is 0 Å². The van der Waals surface area contributed by atoms with Crippen LogP contribution in [0.5, 0.6) is 0 Å². The molecule has 0 spiro atoms. The maximum absolute atomic E-state index is 5.34. The van der Waals surface area contributed by atoms with Gasteiger partial charge in [0.05, 0.1) is 5.69 Å². The molecule has 2 rings (SSSR count). The molecule has 1 N–H and O–H groups in total. The van der Waals surface area contributed by atoms with Gasteiger partial charge in [0.15, 0.2) is 0 Å². The normalized spacial score (nSPS) is 17.4. The smallest absolute Gasteiger partial charge is 0.126 e. The molecule has 1 aromatic rings. The van der Waals surface area contributed by atoms with Gasteiger partial charge in [0, 0.05) is 24.2 Å².